The monoisotopic (exact) mass is 402 g/mol. The van der Waals surface area contributed by atoms with E-state index in [1.165, 1.54) is 12.1 Å². The summed E-state index contributed by atoms with van der Waals surface area (Å²) in [5, 5.41) is 0. The standard InChI is InChI=1S/C6H5IO3S.In.3H/c7-5-2-1-3-6(4-5)11(8,9)10;;;;/h1-4H,(H,8,9,10);;;;. The average molecular weight is 402 g/mol. The first kappa shape index (κ1) is 12.7. The van der Waals surface area contributed by atoms with Crippen LogP contribution in [0.4, 0.5) is 0 Å². The Morgan fingerprint density at radius 3 is 2.25 bits per heavy atom. The fraction of sp³-hybridized carbons (Fsp3) is 0. The summed E-state index contributed by atoms with van der Waals surface area (Å²) in [5.74, 6) is 0. The molecule has 0 atom stereocenters. The van der Waals surface area contributed by atoms with Crippen LogP contribution in [-0.2, 0) is 10.1 Å². The van der Waals surface area contributed by atoms with E-state index in [9.17, 15) is 8.42 Å². The first-order chi connectivity index (χ1) is 5.00. The summed E-state index contributed by atoms with van der Waals surface area (Å²) >= 11 is 1.97. The fourth-order valence-corrected chi connectivity index (χ4v) is 1.91. The number of halogens is 1. The molecule has 0 aliphatic rings. The molecule has 12 heavy (non-hydrogen) atoms. The molecule has 6 heteroatoms. The van der Waals surface area contributed by atoms with Gasteiger partial charge in [-0.1, -0.05) is 6.07 Å². The Balaban J connectivity index is 0.00000121. The van der Waals surface area contributed by atoms with E-state index in [0.717, 1.165) is 3.57 Å². The van der Waals surface area contributed by atoms with Crippen molar-refractivity contribution in [2.75, 3.05) is 0 Å². The van der Waals surface area contributed by atoms with Crippen molar-refractivity contribution in [3.8, 4) is 0 Å². The van der Waals surface area contributed by atoms with Crippen LogP contribution in [0.5, 0.6) is 0 Å². The number of hydrogen-bond acceptors (Lipinski definition) is 2. The molecule has 66 valence electrons. The van der Waals surface area contributed by atoms with Crippen LogP contribution in [0.1, 0.15) is 0 Å². The second kappa shape index (κ2) is 4.83. The van der Waals surface area contributed by atoms with Crippen molar-refractivity contribution in [2.45, 2.75) is 4.90 Å². The van der Waals surface area contributed by atoms with Gasteiger partial charge in [0.15, 0.2) is 0 Å². The van der Waals surface area contributed by atoms with Gasteiger partial charge in [0.25, 0.3) is 10.1 Å². The Morgan fingerprint density at radius 2 is 1.92 bits per heavy atom. The van der Waals surface area contributed by atoms with Crippen molar-refractivity contribution in [1.29, 1.82) is 0 Å². The summed E-state index contributed by atoms with van der Waals surface area (Å²) in [6, 6.07) is 6.06. The molecule has 1 N–H and O–H groups in total. The van der Waals surface area contributed by atoms with Crippen molar-refractivity contribution >= 4 is 58.6 Å². The topological polar surface area (TPSA) is 54.4 Å². The van der Waals surface area contributed by atoms with Crippen LogP contribution < -0.4 is 0 Å². The molecule has 1 aromatic carbocycles. The third-order valence-electron chi connectivity index (χ3n) is 1.09. The first-order valence-electron chi connectivity index (χ1n) is 2.73. The van der Waals surface area contributed by atoms with Crippen LogP contribution >= 0.6 is 22.6 Å². The Labute approximate surface area is 103 Å². The quantitative estimate of drug-likeness (QED) is 0.546. The Morgan fingerprint density at radius 1 is 1.33 bits per heavy atom. The van der Waals surface area contributed by atoms with Crippen molar-refractivity contribution in [1.82, 2.24) is 0 Å². The van der Waals surface area contributed by atoms with Gasteiger partial charge >= 0.3 is 25.8 Å². The first-order valence-corrected chi connectivity index (χ1v) is 5.25. The van der Waals surface area contributed by atoms with E-state index in [4.69, 9.17) is 4.55 Å². The zero-order valence-corrected chi connectivity index (χ0v) is 8.33. The van der Waals surface area contributed by atoms with Gasteiger partial charge in [-0.05, 0) is 40.8 Å². The molecule has 0 aromatic heterocycles. The van der Waals surface area contributed by atoms with Gasteiger partial charge in [0.2, 0.25) is 0 Å². The van der Waals surface area contributed by atoms with Gasteiger partial charge in [0, 0.05) is 3.57 Å². The molecule has 0 unspecified atom stereocenters. The second-order valence-electron chi connectivity index (χ2n) is 1.93. The van der Waals surface area contributed by atoms with Crippen molar-refractivity contribution in [3.05, 3.63) is 27.8 Å². The molecular formula is C6H8IInO3S. The molecule has 1 rings (SSSR count). The number of benzene rings is 1. The van der Waals surface area contributed by atoms with Crippen LogP contribution in [0.15, 0.2) is 29.2 Å². The molecule has 3 nitrogen and oxygen atoms in total. The van der Waals surface area contributed by atoms with Crippen LogP contribution in [0.3, 0.4) is 0 Å². The normalized spacial score (nSPS) is 10.5. The molecule has 0 amide bonds. The van der Waals surface area contributed by atoms with Gasteiger partial charge in [0.1, 0.15) is 0 Å². The van der Waals surface area contributed by atoms with Crippen LogP contribution in [-0.4, -0.2) is 38.8 Å². The minimum absolute atomic E-state index is 0. The summed E-state index contributed by atoms with van der Waals surface area (Å²) in [5.41, 5.74) is 0. The van der Waals surface area contributed by atoms with Crippen LogP contribution in [0, 0.1) is 3.57 Å². The molecule has 0 fully saturated rings. The average Bonchev–Trinajstić information content (AvgIpc) is 1.86. The van der Waals surface area contributed by atoms with E-state index in [-0.39, 0.29) is 30.7 Å². The van der Waals surface area contributed by atoms with Gasteiger partial charge < -0.3 is 0 Å². The van der Waals surface area contributed by atoms with E-state index in [1.54, 1.807) is 12.1 Å². The Bertz CT molecular complexity index is 363. The molecule has 0 aliphatic carbocycles. The SMILES string of the molecule is O=S(=O)(O)c1cccc(I)c1.[InH3]. The van der Waals surface area contributed by atoms with Crippen molar-refractivity contribution in [3.63, 3.8) is 0 Å². The van der Waals surface area contributed by atoms with Gasteiger partial charge in [-0.25, -0.2) is 0 Å². The van der Waals surface area contributed by atoms with Gasteiger partial charge in [-0.3, -0.25) is 4.55 Å². The summed E-state index contributed by atoms with van der Waals surface area (Å²) < 4.78 is 30.4. The van der Waals surface area contributed by atoms with E-state index in [1.807, 2.05) is 22.6 Å². The van der Waals surface area contributed by atoms with E-state index in [0.29, 0.717) is 0 Å². The van der Waals surface area contributed by atoms with Gasteiger partial charge in [-0.15, -0.1) is 0 Å². The number of rotatable bonds is 1. The molecule has 0 spiro atoms. The molecule has 0 aliphatic heterocycles. The van der Waals surface area contributed by atoms with Crippen LogP contribution in [0.25, 0.3) is 0 Å². The van der Waals surface area contributed by atoms with E-state index in [2.05, 4.69) is 0 Å². The van der Waals surface area contributed by atoms with Gasteiger partial charge in [0.05, 0.1) is 4.90 Å². The van der Waals surface area contributed by atoms with Crippen LogP contribution in [0.2, 0.25) is 0 Å². The van der Waals surface area contributed by atoms with E-state index < -0.39 is 10.1 Å². The summed E-state index contributed by atoms with van der Waals surface area (Å²) in [6.07, 6.45) is 0. The molecule has 0 heterocycles. The maximum atomic E-state index is 10.5. The second-order valence-corrected chi connectivity index (χ2v) is 4.60. The third kappa shape index (κ3) is 3.63. The Hall–Kier alpha value is 0.730. The van der Waals surface area contributed by atoms with Gasteiger partial charge in [-0.2, -0.15) is 8.42 Å². The Kier molecular flexibility index (Phi) is 5.12. The summed E-state index contributed by atoms with van der Waals surface area (Å²) in [6.45, 7) is 0. The summed E-state index contributed by atoms with van der Waals surface area (Å²) in [7, 11) is -4.03. The fourth-order valence-electron chi connectivity index (χ4n) is 0.627. The van der Waals surface area contributed by atoms with Crippen molar-refractivity contribution < 1.29 is 13.0 Å². The molecule has 0 bridgehead atoms. The molecular weight excluding hydrogens is 394 g/mol. The zero-order valence-electron chi connectivity index (χ0n) is 5.36. The predicted molar refractivity (Wildman–Crippen MR) is 58.9 cm³/mol. The minimum atomic E-state index is -4.03. The molecule has 0 radical (unpaired) electrons. The summed E-state index contributed by atoms with van der Waals surface area (Å²) in [4.78, 5) is -0.0654. The zero-order chi connectivity index (χ0) is 8.48. The van der Waals surface area contributed by atoms with E-state index >= 15 is 0 Å². The number of hydrogen-bond donors (Lipinski definition) is 1. The van der Waals surface area contributed by atoms with Crippen molar-refractivity contribution in [2.24, 2.45) is 0 Å². The third-order valence-corrected chi connectivity index (χ3v) is 2.61. The predicted octanol–water partition coefficient (Wildman–Crippen LogP) is 0.354. The molecule has 0 saturated carbocycles. The maximum absolute atomic E-state index is 10.5. The molecule has 0 saturated heterocycles. The molecule has 1 aromatic rings.